The molecule has 168 valence electrons. The number of rotatable bonds is 6. The summed E-state index contributed by atoms with van der Waals surface area (Å²) in [7, 11) is -3.57. The molecule has 0 radical (unpaired) electrons. The Morgan fingerprint density at radius 2 is 1.68 bits per heavy atom. The van der Waals surface area contributed by atoms with Crippen molar-refractivity contribution in [3.63, 3.8) is 0 Å². The third-order valence-electron chi connectivity index (χ3n) is 5.41. The maximum atomic E-state index is 12.9. The number of aryl methyl sites for hydroxylation is 1. The summed E-state index contributed by atoms with van der Waals surface area (Å²) in [5.41, 5.74) is 1.45. The van der Waals surface area contributed by atoms with E-state index in [0.717, 1.165) is 36.1 Å². The van der Waals surface area contributed by atoms with Crippen LogP contribution in [-0.4, -0.2) is 44.3 Å². The quantitative estimate of drug-likeness (QED) is 0.641. The number of anilines is 1. The van der Waals surface area contributed by atoms with Gasteiger partial charge in [0.15, 0.2) is 0 Å². The van der Waals surface area contributed by atoms with Crippen LogP contribution in [0.25, 0.3) is 0 Å². The lowest BCUT2D eigenvalue weighted by atomic mass is 10.1. The van der Waals surface area contributed by atoms with Gasteiger partial charge in [0, 0.05) is 23.5 Å². The summed E-state index contributed by atoms with van der Waals surface area (Å²) >= 11 is 1.31. The fourth-order valence-corrected chi connectivity index (χ4v) is 6.11. The largest absolute Gasteiger partial charge is 0.462 e. The normalized spacial score (nSPS) is 15.3. The van der Waals surface area contributed by atoms with Gasteiger partial charge >= 0.3 is 5.97 Å². The van der Waals surface area contributed by atoms with Gasteiger partial charge in [0.2, 0.25) is 10.0 Å². The van der Waals surface area contributed by atoms with Crippen LogP contribution in [-0.2, 0) is 14.8 Å². The molecule has 1 aliphatic heterocycles. The molecule has 1 N–H and O–H groups in total. The van der Waals surface area contributed by atoms with Crippen LogP contribution < -0.4 is 5.32 Å². The second kappa shape index (κ2) is 9.93. The Balaban J connectivity index is 1.78. The number of hydrogen-bond donors (Lipinski definition) is 1. The number of nitrogens with zero attached hydrogens (tertiary/aromatic N) is 1. The van der Waals surface area contributed by atoms with Crippen LogP contribution in [0, 0.1) is 13.8 Å². The predicted octanol–water partition coefficient (Wildman–Crippen LogP) is 4.36. The monoisotopic (exact) mass is 464 g/mol. The molecule has 1 aromatic heterocycles. The zero-order valence-electron chi connectivity index (χ0n) is 18.1. The van der Waals surface area contributed by atoms with Crippen LogP contribution >= 0.6 is 11.3 Å². The van der Waals surface area contributed by atoms with E-state index in [2.05, 4.69) is 5.32 Å². The number of nitrogens with one attached hydrogen (secondary N) is 1. The minimum Gasteiger partial charge on any atom is -0.462 e. The van der Waals surface area contributed by atoms with Gasteiger partial charge in [-0.15, -0.1) is 11.3 Å². The molecule has 1 saturated heterocycles. The maximum Gasteiger partial charge on any atom is 0.341 e. The van der Waals surface area contributed by atoms with Crippen molar-refractivity contribution in [3.05, 3.63) is 45.8 Å². The number of carbonyl (C=O) groups excluding carboxylic acids is 2. The third-order valence-corrected chi connectivity index (χ3v) is 8.45. The van der Waals surface area contributed by atoms with Gasteiger partial charge < -0.3 is 10.1 Å². The van der Waals surface area contributed by atoms with E-state index in [1.807, 2.05) is 13.8 Å². The molecule has 0 saturated carbocycles. The Bertz CT molecular complexity index is 1050. The second-order valence-corrected chi connectivity index (χ2v) is 10.7. The zero-order chi connectivity index (χ0) is 22.6. The van der Waals surface area contributed by atoms with E-state index in [9.17, 15) is 18.0 Å². The van der Waals surface area contributed by atoms with Gasteiger partial charge in [-0.1, -0.05) is 12.8 Å². The van der Waals surface area contributed by atoms with Crippen LogP contribution in [0.1, 0.15) is 63.8 Å². The van der Waals surface area contributed by atoms with Crippen molar-refractivity contribution in [2.45, 2.75) is 51.3 Å². The van der Waals surface area contributed by atoms with Crippen LogP contribution in [0.3, 0.4) is 0 Å². The van der Waals surface area contributed by atoms with Gasteiger partial charge in [-0.3, -0.25) is 4.79 Å². The number of hydrogen-bond acceptors (Lipinski definition) is 6. The van der Waals surface area contributed by atoms with Gasteiger partial charge in [-0.2, -0.15) is 4.31 Å². The molecule has 31 heavy (non-hydrogen) atoms. The molecular formula is C22H28N2O5S2. The number of thiophene rings is 1. The summed E-state index contributed by atoms with van der Waals surface area (Å²) in [6.07, 6.45) is 3.81. The van der Waals surface area contributed by atoms with Crippen molar-refractivity contribution in [2.75, 3.05) is 25.0 Å². The van der Waals surface area contributed by atoms with Crippen LogP contribution in [0.5, 0.6) is 0 Å². The smallest absolute Gasteiger partial charge is 0.341 e. The standard InChI is InChI=1S/C22H28N2O5S2/c1-4-29-22(26)19-15(2)16(3)30-21(19)23-20(25)17-9-11-18(12-10-17)31(27,28)24-13-7-5-6-8-14-24/h9-12H,4-8,13-14H2,1-3H3,(H,23,25). The molecule has 0 bridgehead atoms. The second-order valence-electron chi connectivity index (χ2n) is 7.50. The molecule has 0 aliphatic carbocycles. The molecule has 0 unspecified atom stereocenters. The maximum absolute atomic E-state index is 12.9. The Morgan fingerprint density at radius 1 is 1.06 bits per heavy atom. The average molecular weight is 465 g/mol. The van der Waals surface area contributed by atoms with Gasteiger partial charge in [-0.05, 0) is 63.4 Å². The van der Waals surface area contributed by atoms with Crippen LogP contribution in [0.15, 0.2) is 29.2 Å². The van der Waals surface area contributed by atoms with Crippen molar-refractivity contribution in [1.29, 1.82) is 0 Å². The Kier molecular flexibility index (Phi) is 7.51. The number of benzene rings is 1. The molecule has 7 nitrogen and oxygen atoms in total. The van der Waals surface area contributed by atoms with E-state index < -0.39 is 21.9 Å². The first-order valence-corrected chi connectivity index (χ1v) is 12.7. The Hall–Kier alpha value is -2.23. The topological polar surface area (TPSA) is 92.8 Å². The molecule has 0 spiro atoms. The van der Waals surface area contributed by atoms with E-state index >= 15 is 0 Å². The van der Waals surface area contributed by atoms with Gasteiger partial charge in [0.1, 0.15) is 5.00 Å². The third kappa shape index (κ3) is 5.16. The van der Waals surface area contributed by atoms with E-state index in [1.54, 1.807) is 6.92 Å². The number of esters is 1. The molecular weight excluding hydrogens is 436 g/mol. The SMILES string of the molecule is CCOC(=O)c1c(NC(=O)c2ccc(S(=O)(=O)N3CCCCCC3)cc2)sc(C)c1C. The van der Waals surface area contributed by atoms with Gasteiger partial charge in [0.25, 0.3) is 5.91 Å². The first-order valence-electron chi connectivity index (χ1n) is 10.4. The molecule has 9 heteroatoms. The number of ether oxygens (including phenoxy) is 1. The van der Waals surface area contributed by atoms with E-state index in [1.165, 1.54) is 39.9 Å². The van der Waals surface area contributed by atoms with Crippen molar-refractivity contribution in [2.24, 2.45) is 0 Å². The van der Waals surface area contributed by atoms with Crippen LogP contribution in [0.2, 0.25) is 0 Å². The molecule has 1 fully saturated rings. The Morgan fingerprint density at radius 3 is 2.26 bits per heavy atom. The lowest BCUT2D eigenvalue weighted by Gasteiger charge is -2.20. The fourth-order valence-electron chi connectivity index (χ4n) is 3.55. The number of carbonyl (C=O) groups is 2. The first kappa shape index (κ1) is 23.4. The molecule has 2 aromatic rings. The van der Waals surface area contributed by atoms with E-state index in [0.29, 0.717) is 29.2 Å². The minimum absolute atomic E-state index is 0.181. The Labute approximate surface area is 187 Å². The summed E-state index contributed by atoms with van der Waals surface area (Å²) < 4.78 is 32.5. The lowest BCUT2D eigenvalue weighted by molar-refractivity contribution is 0.0527. The van der Waals surface area contributed by atoms with Gasteiger partial charge in [0.05, 0.1) is 17.1 Å². The number of sulfonamides is 1. The molecule has 2 heterocycles. The van der Waals surface area contributed by atoms with E-state index in [4.69, 9.17) is 4.74 Å². The summed E-state index contributed by atoms with van der Waals surface area (Å²) in [6.45, 7) is 6.72. The van der Waals surface area contributed by atoms with E-state index in [-0.39, 0.29) is 11.5 Å². The summed E-state index contributed by atoms with van der Waals surface area (Å²) in [5.74, 6) is -0.885. The summed E-state index contributed by atoms with van der Waals surface area (Å²) in [6, 6.07) is 5.92. The van der Waals surface area contributed by atoms with Crippen molar-refractivity contribution < 1.29 is 22.7 Å². The lowest BCUT2D eigenvalue weighted by Crippen LogP contribution is -2.31. The van der Waals surface area contributed by atoms with Crippen LogP contribution in [0.4, 0.5) is 5.00 Å². The molecule has 1 aromatic carbocycles. The molecule has 3 rings (SSSR count). The average Bonchev–Trinajstić information content (AvgIpc) is 2.93. The fraction of sp³-hybridized carbons (Fsp3) is 0.455. The number of amides is 1. The zero-order valence-corrected chi connectivity index (χ0v) is 19.7. The van der Waals surface area contributed by atoms with Crippen molar-refractivity contribution in [3.8, 4) is 0 Å². The predicted molar refractivity (Wildman–Crippen MR) is 121 cm³/mol. The van der Waals surface area contributed by atoms with Crippen molar-refractivity contribution in [1.82, 2.24) is 4.31 Å². The molecule has 1 aliphatic rings. The highest BCUT2D eigenvalue weighted by Gasteiger charge is 2.26. The highest BCUT2D eigenvalue weighted by atomic mass is 32.2. The highest BCUT2D eigenvalue weighted by molar-refractivity contribution is 7.89. The highest BCUT2D eigenvalue weighted by Crippen LogP contribution is 2.33. The summed E-state index contributed by atoms with van der Waals surface area (Å²) in [5, 5.41) is 3.21. The molecule has 0 atom stereocenters. The van der Waals surface area contributed by atoms with Gasteiger partial charge in [-0.25, -0.2) is 13.2 Å². The first-order chi connectivity index (χ1) is 14.8. The summed E-state index contributed by atoms with van der Waals surface area (Å²) in [4.78, 5) is 26.2. The molecule has 1 amide bonds. The van der Waals surface area contributed by atoms with Crippen molar-refractivity contribution >= 4 is 38.2 Å². The minimum atomic E-state index is -3.57.